The van der Waals surface area contributed by atoms with Crippen LogP contribution in [0.1, 0.15) is 17.0 Å². The molecule has 0 aromatic heterocycles. The summed E-state index contributed by atoms with van der Waals surface area (Å²) in [5, 5.41) is 2.30. The fourth-order valence-corrected chi connectivity index (χ4v) is 2.82. The number of carbonyl (C=O) groups excluding carboxylic acids is 2. The van der Waals surface area contributed by atoms with Crippen molar-refractivity contribution >= 4 is 12.2 Å². The standard InChI is InChI=1S/C17H16N2O4/c18-16(20)23-10-19-17(21)22-9-15-13-7-3-1-5-11(13)12-6-2-4-8-14(12)15/h1-8,15H,9-10H2,(H2,18,20)(H,19,21). The van der Waals surface area contributed by atoms with Crippen molar-refractivity contribution in [1.82, 2.24) is 5.32 Å². The number of primary amides is 1. The molecule has 0 aliphatic heterocycles. The van der Waals surface area contributed by atoms with Crippen LogP contribution in [-0.2, 0) is 9.47 Å². The molecule has 1 aliphatic rings. The molecule has 0 radical (unpaired) electrons. The molecular formula is C17H16N2O4. The van der Waals surface area contributed by atoms with E-state index in [0.717, 1.165) is 22.3 Å². The molecule has 0 bridgehead atoms. The summed E-state index contributed by atoms with van der Waals surface area (Å²) in [4.78, 5) is 22.1. The maximum atomic E-state index is 11.6. The highest BCUT2D eigenvalue weighted by Gasteiger charge is 2.28. The summed E-state index contributed by atoms with van der Waals surface area (Å²) in [6.45, 7) is -0.109. The van der Waals surface area contributed by atoms with Gasteiger partial charge in [0.05, 0.1) is 0 Å². The van der Waals surface area contributed by atoms with E-state index in [4.69, 9.17) is 10.5 Å². The molecule has 6 nitrogen and oxygen atoms in total. The molecule has 0 heterocycles. The maximum absolute atomic E-state index is 11.6. The molecule has 2 aromatic rings. The SMILES string of the molecule is NC(=O)OCNC(=O)OCC1c2ccccc2-c2ccccc21. The Kier molecular flexibility index (Phi) is 4.14. The summed E-state index contributed by atoms with van der Waals surface area (Å²) in [6, 6.07) is 16.1. The predicted octanol–water partition coefficient (Wildman–Crippen LogP) is 2.58. The average molecular weight is 312 g/mol. The zero-order chi connectivity index (χ0) is 16.2. The third-order valence-electron chi connectivity index (χ3n) is 3.77. The van der Waals surface area contributed by atoms with E-state index in [0.29, 0.717) is 0 Å². The number of nitrogens with two attached hydrogens (primary N) is 1. The van der Waals surface area contributed by atoms with Gasteiger partial charge in [0.2, 0.25) is 0 Å². The second-order valence-corrected chi connectivity index (χ2v) is 5.11. The van der Waals surface area contributed by atoms with E-state index in [-0.39, 0.29) is 19.3 Å². The highest BCUT2D eigenvalue weighted by atomic mass is 16.6. The first kappa shape index (κ1) is 14.9. The van der Waals surface area contributed by atoms with Crippen molar-refractivity contribution in [2.45, 2.75) is 5.92 Å². The van der Waals surface area contributed by atoms with Gasteiger partial charge in [0.25, 0.3) is 0 Å². The number of rotatable bonds is 4. The lowest BCUT2D eigenvalue weighted by molar-refractivity contribution is 0.117. The molecular weight excluding hydrogens is 296 g/mol. The van der Waals surface area contributed by atoms with Gasteiger partial charge >= 0.3 is 12.2 Å². The van der Waals surface area contributed by atoms with Crippen LogP contribution in [0.25, 0.3) is 11.1 Å². The lowest BCUT2D eigenvalue weighted by atomic mass is 9.98. The lowest BCUT2D eigenvalue weighted by Gasteiger charge is -2.14. The van der Waals surface area contributed by atoms with Crippen LogP contribution in [0.5, 0.6) is 0 Å². The first-order chi connectivity index (χ1) is 11.2. The van der Waals surface area contributed by atoms with E-state index in [1.165, 1.54) is 0 Å². The van der Waals surface area contributed by atoms with Crippen LogP contribution in [0.3, 0.4) is 0 Å². The Morgan fingerprint density at radius 3 is 2.09 bits per heavy atom. The zero-order valence-corrected chi connectivity index (χ0v) is 12.3. The highest BCUT2D eigenvalue weighted by Crippen LogP contribution is 2.44. The molecule has 2 amide bonds. The molecule has 1 aliphatic carbocycles. The molecule has 0 unspecified atom stereocenters. The van der Waals surface area contributed by atoms with Crippen molar-refractivity contribution < 1.29 is 19.1 Å². The van der Waals surface area contributed by atoms with Gasteiger partial charge < -0.3 is 15.2 Å². The lowest BCUT2D eigenvalue weighted by Crippen LogP contribution is -2.30. The minimum absolute atomic E-state index is 0.00907. The average Bonchev–Trinajstić information content (AvgIpc) is 2.87. The monoisotopic (exact) mass is 312 g/mol. The largest absolute Gasteiger partial charge is 0.448 e. The number of amides is 2. The summed E-state index contributed by atoms with van der Waals surface area (Å²) in [6.07, 6.45) is -1.61. The molecule has 23 heavy (non-hydrogen) atoms. The van der Waals surface area contributed by atoms with E-state index >= 15 is 0 Å². The molecule has 118 valence electrons. The Labute approximate surface area is 133 Å². The summed E-state index contributed by atoms with van der Waals surface area (Å²) < 4.78 is 9.66. The van der Waals surface area contributed by atoms with E-state index in [9.17, 15) is 9.59 Å². The van der Waals surface area contributed by atoms with E-state index < -0.39 is 12.2 Å². The second-order valence-electron chi connectivity index (χ2n) is 5.11. The van der Waals surface area contributed by atoms with Crippen LogP contribution in [0.15, 0.2) is 48.5 Å². The molecule has 0 saturated heterocycles. The van der Waals surface area contributed by atoms with Gasteiger partial charge in [-0.25, -0.2) is 9.59 Å². The number of fused-ring (bicyclic) bond motifs is 3. The minimum atomic E-state index is -0.955. The van der Waals surface area contributed by atoms with Crippen LogP contribution in [-0.4, -0.2) is 25.5 Å². The van der Waals surface area contributed by atoms with Crippen molar-refractivity contribution in [2.75, 3.05) is 13.3 Å². The van der Waals surface area contributed by atoms with Crippen molar-refractivity contribution in [2.24, 2.45) is 5.73 Å². The van der Waals surface area contributed by atoms with E-state index in [2.05, 4.69) is 22.2 Å². The minimum Gasteiger partial charge on any atom is -0.448 e. The van der Waals surface area contributed by atoms with Gasteiger partial charge in [-0.3, -0.25) is 5.32 Å². The van der Waals surface area contributed by atoms with Gasteiger partial charge in [-0.15, -0.1) is 0 Å². The molecule has 2 aromatic carbocycles. The number of ether oxygens (including phenoxy) is 2. The molecule has 0 fully saturated rings. The Morgan fingerprint density at radius 1 is 0.957 bits per heavy atom. The smallest absolute Gasteiger partial charge is 0.409 e. The van der Waals surface area contributed by atoms with E-state index in [1.807, 2.05) is 36.4 Å². The number of hydrogen-bond donors (Lipinski definition) is 2. The topological polar surface area (TPSA) is 90.7 Å². The van der Waals surface area contributed by atoms with Crippen LogP contribution in [0.2, 0.25) is 0 Å². The second kappa shape index (κ2) is 6.39. The van der Waals surface area contributed by atoms with Gasteiger partial charge in [0, 0.05) is 5.92 Å². The number of nitrogens with one attached hydrogen (secondary N) is 1. The van der Waals surface area contributed by atoms with Gasteiger partial charge in [-0.1, -0.05) is 48.5 Å². The van der Waals surface area contributed by atoms with Gasteiger partial charge in [-0.05, 0) is 22.3 Å². The maximum Gasteiger partial charge on any atom is 0.409 e. The quantitative estimate of drug-likeness (QED) is 0.849. The molecule has 3 rings (SSSR count). The molecule has 0 spiro atoms. The van der Waals surface area contributed by atoms with Crippen molar-refractivity contribution in [3.63, 3.8) is 0 Å². The van der Waals surface area contributed by atoms with Crippen LogP contribution in [0, 0.1) is 0 Å². The fourth-order valence-electron chi connectivity index (χ4n) is 2.82. The number of hydrogen-bond acceptors (Lipinski definition) is 4. The highest BCUT2D eigenvalue weighted by molar-refractivity contribution is 5.79. The normalized spacial score (nSPS) is 12.2. The van der Waals surface area contributed by atoms with Gasteiger partial charge in [-0.2, -0.15) is 0 Å². The third kappa shape index (κ3) is 3.11. The summed E-state index contributed by atoms with van der Waals surface area (Å²) in [5.74, 6) is -0.00907. The predicted molar refractivity (Wildman–Crippen MR) is 83.7 cm³/mol. The fraction of sp³-hybridized carbons (Fsp3) is 0.176. The first-order valence-electron chi connectivity index (χ1n) is 7.18. The van der Waals surface area contributed by atoms with Crippen LogP contribution < -0.4 is 11.1 Å². The summed E-state index contributed by atoms with van der Waals surface area (Å²) >= 11 is 0. The van der Waals surface area contributed by atoms with Crippen molar-refractivity contribution in [1.29, 1.82) is 0 Å². The van der Waals surface area contributed by atoms with Crippen LogP contribution >= 0.6 is 0 Å². The summed E-state index contributed by atoms with van der Waals surface area (Å²) in [5.41, 5.74) is 9.40. The Hall–Kier alpha value is -3.02. The van der Waals surface area contributed by atoms with E-state index in [1.54, 1.807) is 0 Å². The molecule has 3 N–H and O–H groups in total. The van der Waals surface area contributed by atoms with Crippen LogP contribution in [0.4, 0.5) is 9.59 Å². The van der Waals surface area contributed by atoms with Gasteiger partial charge in [0.15, 0.2) is 6.73 Å². The Bertz CT molecular complexity index is 699. The van der Waals surface area contributed by atoms with Gasteiger partial charge in [0.1, 0.15) is 6.61 Å². The van der Waals surface area contributed by atoms with Crippen molar-refractivity contribution in [3.8, 4) is 11.1 Å². The Balaban J connectivity index is 1.69. The molecule has 0 saturated carbocycles. The first-order valence-corrected chi connectivity index (χ1v) is 7.18. The van der Waals surface area contributed by atoms with Crippen molar-refractivity contribution in [3.05, 3.63) is 59.7 Å². The Morgan fingerprint density at radius 2 is 1.52 bits per heavy atom. The number of alkyl carbamates (subject to hydrolysis) is 1. The molecule has 6 heteroatoms. The third-order valence-corrected chi connectivity index (χ3v) is 3.77. The number of benzene rings is 2. The number of carbonyl (C=O) groups is 2. The summed E-state index contributed by atoms with van der Waals surface area (Å²) in [7, 11) is 0. The molecule has 0 atom stereocenters. The zero-order valence-electron chi connectivity index (χ0n) is 12.3.